The number of dihydropyridines is 1. The second kappa shape index (κ2) is 8.31. The van der Waals surface area contributed by atoms with E-state index in [1.807, 2.05) is 42.6 Å². The Hall–Kier alpha value is -3.41. The van der Waals surface area contributed by atoms with Gasteiger partial charge in [-0.25, -0.2) is 0 Å². The fourth-order valence-electron chi connectivity index (χ4n) is 3.85. The van der Waals surface area contributed by atoms with E-state index in [4.69, 9.17) is 5.73 Å². The van der Waals surface area contributed by atoms with Crippen LogP contribution in [0.2, 0.25) is 0 Å². The molecule has 0 aromatic heterocycles. The number of nitrogens with one attached hydrogen (secondary N) is 3. The summed E-state index contributed by atoms with van der Waals surface area (Å²) in [6, 6.07) is 18.2. The molecule has 150 valence electrons. The summed E-state index contributed by atoms with van der Waals surface area (Å²) in [6.45, 7) is 2.38. The van der Waals surface area contributed by atoms with Gasteiger partial charge < -0.3 is 26.6 Å². The zero-order chi connectivity index (χ0) is 20.1. The van der Waals surface area contributed by atoms with Gasteiger partial charge in [-0.3, -0.25) is 4.79 Å². The van der Waals surface area contributed by atoms with E-state index in [0.717, 1.165) is 42.4 Å². The Labute approximate surface area is 171 Å². The van der Waals surface area contributed by atoms with Crippen molar-refractivity contribution in [2.45, 2.75) is 18.4 Å². The molecule has 0 bridgehead atoms. The summed E-state index contributed by atoms with van der Waals surface area (Å²) in [5, 5.41) is 9.94. The van der Waals surface area contributed by atoms with Crippen LogP contribution in [0.5, 0.6) is 0 Å². The molecule has 2 aromatic carbocycles. The quantitative estimate of drug-likeness (QED) is 0.611. The second-order valence-electron chi connectivity index (χ2n) is 7.50. The van der Waals surface area contributed by atoms with Gasteiger partial charge in [0.1, 0.15) is 5.54 Å². The number of hydrogen-bond acceptors (Lipinski definition) is 5. The van der Waals surface area contributed by atoms with Gasteiger partial charge >= 0.3 is 0 Å². The van der Waals surface area contributed by atoms with Crippen molar-refractivity contribution < 1.29 is 4.79 Å². The third kappa shape index (κ3) is 4.37. The lowest BCUT2D eigenvalue weighted by atomic mass is 9.86. The van der Waals surface area contributed by atoms with Crippen LogP contribution < -0.4 is 26.6 Å². The fraction of sp³-hybridized carbons (Fsp3) is 0.261. The van der Waals surface area contributed by atoms with E-state index in [2.05, 4.69) is 51.2 Å². The Balaban J connectivity index is 1.39. The average molecular weight is 390 g/mol. The number of piperidine rings is 1. The molecule has 1 fully saturated rings. The van der Waals surface area contributed by atoms with Gasteiger partial charge in [-0.2, -0.15) is 0 Å². The molecule has 4 rings (SSSR count). The Morgan fingerprint density at radius 1 is 1.00 bits per heavy atom. The molecule has 5 N–H and O–H groups in total. The minimum atomic E-state index is -0.701. The topological polar surface area (TPSA) is 82.4 Å². The largest absolute Gasteiger partial charge is 0.387 e. The maximum atomic E-state index is 12.3. The number of anilines is 3. The van der Waals surface area contributed by atoms with Gasteiger partial charge in [0.15, 0.2) is 0 Å². The van der Waals surface area contributed by atoms with Crippen LogP contribution in [-0.4, -0.2) is 31.1 Å². The Morgan fingerprint density at radius 3 is 2.34 bits per heavy atom. The number of nitrogens with zero attached hydrogens (tertiary/aromatic N) is 1. The first-order valence-corrected chi connectivity index (χ1v) is 10.00. The van der Waals surface area contributed by atoms with E-state index in [0.29, 0.717) is 12.8 Å². The van der Waals surface area contributed by atoms with E-state index in [1.54, 1.807) is 0 Å². The Morgan fingerprint density at radius 2 is 1.72 bits per heavy atom. The second-order valence-corrected chi connectivity index (χ2v) is 7.50. The van der Waals surface area contributed by atoms with Crippen LogP contribution in [-0.2, 0) is 4.79 Å². The zero-order valence-electron chi connectivity index (χ0n) is 16.4. The van der Waals surface area contributed by atoms with Crippen LogP contribution in [0.4, 0.5) is 17.1 Å². The Kier molecular flexibility index (Phi) is 5.42. The lowest BCUT2D eigenvalue weighted by Gasteiger charge is -2.41. The molecule has 6 heteroatoms. The highest BCUT2D eigenvalue weighted by Gasteiger charge is 2.40. The molecule has 0 spiro atoms. The minimum Gasteiger partial charge on any atom is -0.387 e. The van der Waals surface area contributed by atoms with Crippen LogP contribution in [0, 0.1) is 0 Å². The Bertz CT molecular complexity index is 897. The number of primary amides is 1. The number of para-hydroxylation sites is 1. The first-order chi connectivity index (χ1) is 14.1. The number of rotatable bonds is 6. The van der Waals surface area contributed by atoms with Crippen molar-refractivity contribution in [2.24, 2.45) is 5.73 Å². The predicted octanol–water partition coefficient (Wildman–Crippen LogP) is 3.04. The summed E-state index contributed by atoms with van der Waals surface area (Å²) < 4.78 is 0. The summed E-state index contributed by atoms with van der Waals surface area (Å²) in [7, 11) is 0. The van der Waals surface area contributed by atoms with Gasteiger partial charge in [0.2, 0.25) is 5.91 Å². The van der Waals surface area contributed by atoms with Crippen LogP contribution in [0.1, 0.15) is 12.8 Å². The summed E-state index contributed by atoms with van der Waals surface area (Å²) in [4.78, 5) is 14.6. The number of amides is 1. The lowest BCUT2D eigenvalue weighted by Crippen LogP contribution is -2.57. The van der Waals surface area contributed by atoms with Crippen molar-refractivity contribution in [1.29, 1.82) is 0 Å². The molecule has 6 nitrogen and oxygen atoms in total. The highest BCUT2D eigenvalue weighted by Crippen LogP contribution is 2.30. The van der Waals surface area contributed by atoms with Crippen LogP contribution >= 0.6 is 0 Å². The SMILES string of the molecule is NC(=O)C1(Nc2ccccc2)CCN(c2ccc(NC3=CCNC=C3)cc2)CC1. The van der Waals surface area contributed by atoms with Crippen LogP contribution in [0.25, 0.3) is 0 Å². The van der Waals surface area contributed by atoms with Gasteiger partial charge in [0.05, 0.1) is 0 Å². The van der Waals surface area contributed by atoms with E-state index in [-0.39, 0.29) is 5.91 Å². The summed E-state index contributed by atoms with van der Waals surface area (Å²) in [5.74, 6) is -0.288. The maximum Gasteiger partial charge on any atom is 0.243 e. The van der Waals surface area contributed by atoms with E-state index >= 15 is 0 Å². The molecule has 29 heavy (non-hydrogen) atoms. The van der Waals surface area contributed by atoms with Crippen molar-refractivity contribution in [3.8, 4) is 0 Å². The number of carbonyl (C=O) groups is 1. The molecule has 2 aliphatic rings. The molecule has 2 aliphatic heterocycles. The van der Waals surface area contributed by atoms with Gasteiger partial charge in [0.25, 0.3) is 0 Å². The van der Waals surface area contributed by atoms with Crippen molar-refractivity contribution in [1.82, 2.24) is 5.32 Å². The van der Waals surface area contributed by atoms with E-state index < -0.39 is 5.54 Å². The lowest BCUT2D eigenvalue weighted by molar-refractivity contribution is -0.122. The highest BCUT2D eigenvalue weighted by atomic mass is 16.1. The molecule has 1 saturated heterocycles. The van der Waals surface area contributed by atoms with Crippen molar-refractivity contribution in [3.05, 3.63) is 78.6 Å². The number of carbonyl (C=O) groups excluding carboxylic acids is 1. The molecule has 2 aromatic rings. The number of nitrogens with two attached hydrogens (primary N) is 1. The predicted molar refractivity (Wildman–Crippen MR) is 119 cm³/mol. The minimum absolute atomic E-state index is 0.288. The summed E-state index contributed by atoms with van der Waals surface area (Å²) in [6.07, 6.45) is 7.41. The molecule has 2 heterocycles. The van der Waals surface area contributed by atoms with Crippen LogP contribution in [0.15, 0.2) is 78.6 Å². The fourth-order valence-corrected chi connectivity index (χ4v) is 3.85. The first kappa shape index (κ1) is 18.9. The maximum absolute atomic E-state index is 12.3. The number of allylic oxidation sites excluding steroid dienone is 1. The van der Waals surface area contributed by atoms with Gasteiger partial charge in [0, 0.05) is 42.4 Å². The highest BCUT2D eigenvalue weighted by molar-refractivity contribution is 5.88. The third-order valence-corrected chi connectivity index (χ3v) is 5.59. The number of benzene rings is 2. The van der Waals surface area contributed by atoms with Gasteiger partial charge in [-0.05, 0) is 67.6 Å². The van der Waals surface area contributed by atoms with Gasteiger partial charge in [-0.15, -0.1) is 0 Å². The van der Waals surface area contributed by atoms with Crippen molar-refractivity contribution in [3.63, 3.8) is 0 Å². The monoisotopic (exact) mass is 389 g/mol. The normalized spacial score (nSPS) is 17.8. The molecule has 0 radical (unpaired) electrons. The average Bonchev–Trinajstić information content (AvgIpc) is 2.76. The molecular formula is C23H27N5O. The molecule has 0 unspecified atom stereocenters. The first-order valence-electron chi connectivity index (χ1n) is 10.00. The zero-order valence-corrected chi connectivity index (χ0v) is 16.4. The van der Waals surface area contributed by atoms with E-state index in [9.17, 15) is 4.79 Å². The summed E-state index contributed by atoms with van der Waals surface area (Å²) >= 11 is 0. The smallest absolute Gasteiger partial charge is 0.243 e. The molecule has 0 saturated carbocycles. The van der Waals surface area contributed by atoms with Crippen molar-refractivity contribution >= 4 is 23.0 Å². The standard InChI is InChI=1S/C23H27N5O/c24-22(29)23(27-20-4-2-1-3-5-20)12-16-28(17-13-23)21-8-6-18(7-9-21)26-19-10-14-25-15-11-19/h1-11,14,25-27H,12-13,15-17H2,(H2,24,29). The third-order valence-electron chi connectivity index (χ3n) is 5.59. The van der Waals surface area contributed by atoms with E-state index in [1.165, 1.54) is 0 Å². The van der Waals surface area contributed by atoms with Crippen LogP contribution in [0.3, 0.4) is 0 Å². The van der Waals surface area contributed by atoms with Crippen molar-refractivity contribution in [2.75, 3.05) is 35.2 Å². The molecule has 0 aliphatic carbocycles. The molecular weight excluding hydrogens is 362 g/mol. The molecule has 1 amide bonds. The summed E-state index contributed by atoms with van der Waals surface area (Å²) in [5.41, 5.74) is 9.33. The molecule has 0 atom stereocenters. The van der Waals surface area contributed by atoms with Gasteiger partial charge in [-0.1, -0.05) is 18.2 Å². The number of hydrogen-bond donors (Lipinski definition) is 4.